The van der Waals surface area contributed by atoms with Gasteiger partial charge in [0, 0.05) is 24.2 Å². The predicted octanol–water partition coefficient (Wildman–Crippen LogP) is 4.21. The van der Waals surface area contributed by atoms with Crippen LogP contribution in [0, 0.1) is 24.0 Å². The lowest BCUT2D eigenvalue weighted by molar-refractivity contribution is -0.384. The molecule has 1 aromatic heterocycles. The first kappa shape index (κ1) is 25.6. The standard InChI is InChI=1S/C24H26N6O4S/c1-5-12-29-22(17(4)25-23(32)19-9-7-6-8-15(19)2)27-28-24(29)35-14-21(31)26-20-13-18(30(33)34)11-10-16(20)3/h5-11,13,17H,1,12,14H2,2-4H3,(H,25,32)(H,26,31). The molecule has 10 nitrogen and oxygen atoms in total. The molecule has 0 aliphatic heterocycles. The van der Waals surface area contributed by atoms with E-state index in [1.54, 1.807) is 29.7 Å². The van der Waals surface area contributed by atoms with Gasteiger partial charge in [0.2, 0.25) is 5.91 Å². The molecule has 0 saturated heterocycles. The van der Waals surface area contributed by atoms with Crippen LogP contribution in [0.15, 0.2) is 60.3 Å². The van der Waals surface area contributed by atoms with E-state index in [0.717, 1.165) is 5.56 Å². The Labute approximate surface area is 207 Å². The van der Waals surface area contributed by atoms with E-state index in [0.29, 0.717) is 34.3 Å². The van der Waals surface area contributed by atoms with Gasteiger partial charge in [0.1, 0.15) is 0 Å². The van der Waals surface area contributed by atoms with Crippen molar-refractivity contribution in [3.63, 3.8) is 0 Å². The number of nitrogens with zero attached hydrogens (tertiary/aromatic N) is 4. The van der Waals surface area contributed by atoms with Crippen molar-refractivity contribution in [3.8, 4) is 0 Å². The molecule has 1 atom stereocenters. The summed E-state index contributed by atoms with van der Waals surface area (Å²) < 4.78 is 1.78. The quantitative estimate of drug-likeness (QED) is 0.187. The summed E-state index contributed by atoms with van der Waals surface area (Å²) in [6, 6.07) is 11.2. The van der Waals surface area contributed by atoms with Crippen LogP contribution in [0.1, 0.15) is 40.3 Å². The molecule has 0 radical (unpaired) electrons. The van der Waals surface area contributed by atoms with Gasteiger partial charge in [-0.3, -0.25) is 19.7 Å². The minimum absolute atomic E-state index is 0.0152. The van der Waals surface area contributed by atoms with Gasteiger partial charge in [0.25, 0.3) is 11.6 Å². The van der Waals surface area contributed by atoms with E-state index in [1.165, 1.54) is 23.9 Å². The maximum absolute atomic E-state index is 12.7. The molecule has 0 aliphatic rings. The molecule has 11 heteroatoms. The number of rotatable bonds is 10. The van der Waals surface area contributed by atoms with Gasteiger partial charge in [-0.2, -0.15) is 0 Å². The van der Waals surface area contributed by atoms with Crippen molar-refractivity contribution in [2.75, 3.05) is 11.1 Å². The summed E-state index contributed by atoms with van der Waals surface area (Å²) >= 11 is 1.17. The normalized spacial score (nSPS) is 11.5. The summed E-state index contributed by atoms with van der Waals surface area (Å²) in [5, 5.41) is 25.6. The van der Waals surface area contributed by atoms with Crippen LogP contribution in [0.2, 0.25) is 0 Å². The number of thioether (sulfide) groups is 1. The highest BCUT2D eigenvalue weighted by Crippen LogP contribution is 2.24. The summed E-state index contributed by atoms with van der Waals surface area (Å²) in [6.45, 7) is 9.60. The highest BCUT2D eigenvalue weighted by molar-refractivity contribution is 7.99. The van der Waals surface area contributed by atoms with Gasteiger partial charge in [-0.15, -0.1) is 16.8 Å². The van der Waals surface area contributed by atoms with Gasteiger partial charge < -0.3 is 15.2 Å². The average molecular weight is 495 g/mol. The zero-order chi connectivity index (χ0) is 25.5. The lowest BCUT2D eigenvalue weighted by Crippen LogP contribution is -2.29. The molecule has 3 rings (SSSR count). The Morgan fingerprint density at radius 3 is 2.63 bits per heavy atom. The van der Waals surface area contributed by atoms with E-state index in [2.05, 4.69) is 27.4 Å². The summed E-state index contributed by atoms with van der Waals surface area (Å²) in [4.78, 5) is 35.8. The highest BCUT2D eigenvalue weighted by Gasteiger charge is 2.21. The minimum Gasteiger partial charge on any atom is -0.342 e. The number of nitro benzene ring substituents is 1. The number of nitro groups is 1. The number of nitrogens with one attached hydrogen (secondary N) is 2. The van der Waals surface area contributed by atoms with Crippen LogP contribution < -0.4 is 10.6 Å². The smallest absolute Gasteiger partial charge is 0.271 e. The number of hydrogen-bond acceptors (Lipinski definition) is 7. The Hall–Kier alpha value is -3.99. The molecule has 35 heavy (non-hydrogen) atoms. The summed E-state index contributed by atoms with van der Waals surface area (Å²) in [6.07, 6.45) is 1.68. The van der Waals surface area contributed by atoms with Gasteiger partial charge >= 0.3 is 0 Å². The predicted molar refractivity (Wildman–Crippen MR) is 134 cm³/mol. The first-order chi connectivity index (χ1) is 16.7. The van der Waals surface area contributed by atoms with E-state index in [-0.39, 0.29) is 23.3 Å². The molecule has 0 spiro atoms. The van der Waals surface area contributed by atoms with Gasteiger partial charge in [0.05, 0.1) is 22.4 Å². The van der Waals surface area contributed by atoms with Crippen molar-refractivity contribution in [2.24, 2.45) is 0 Å². The fourth-order valence-corrected chi connectivity index (χ4v) is 4.12. The van der Waals surface area contributed by atoms with E-state index in [1.807, 2.05) is 32.0 Å². The molecule has 2 aromatic carbocycles. The van der Waals surface area contributed by atoms with Crippen LogP contribution >= 0.6 is 11.8 Å². The molecule has 2 N–H and O–H groups in total. The van der Waals surface area contributed by atoms with Crippen molar-refractivity contribution in [1.82, 2.24) is 20.1 Å². The van der Waals surface area contributed by atoms with Crippen LogP contribution in [-0.2, 0) is 11.3 Å². The molecule has 1 heterocycles. The number of carbonyl (C=O) groups excluding carboxylic acids is 2. The van der Waals surface area contributed by atoms with Crippen LogP contribution in [-0.4, -0.2) is 37.3 Å². The highest BCUT2D eigenvalue weighted by atomic mass is 32.2. The summed E-state index contributed by atoms with van der Waals surface area (Å²) in [5.74, 6) is -0.00964. The van der Waals surface area contributed by atoms with E-state index >= 15 is 0 Å². The van der Waals surface area contributed by atoms with Gasteiger partial charge in [-0.1, -0.05) is 42.1 Å². The Kier molecular flexibility index (Phi) is 8.37. The number of carbonyl (C=O) groups is 2. The SMILES string of the molecule is C=CCn1c(SCC(=O)Nc2cc([N+](=O)[O-])ccc2C)nnc1C(C)NC(=O)c1ccccc1C. The molecule has 0 saturated carbocycles. The number of aryl methyl sites for hydroxylation is 2. The van der Waals surface area contributed by atoms with E-state index in [4.69, 9.17) is 0 Å². The van der Waals surface area contributed by atoms with Crippen molar-refractivity contribution >= 4 is 35.0 Å². The van der Waals surface area contributed by atoms with Gasteiger partial charge in [-0.25, -0.2) is 0 Å². The van der Waals surface area contributed by atoms with Crippen molar-refractivity contribution < 1.29 is 14.5 Å². The number of amides is 2. The first-order valence-electron chi connectivity index (χ1n) is 10.8. The molecule has 2 amide bonds. The largest absolute Gasteiger partial charge is 0.342 e. The van der Waals surface area contributed by atoms with Crippen molar-refractivity contribution in [2.45, 2.75) is 38.5 Å². The molecule has 1 unspecified atom stereocenters. The number of anilines is 1. The maximum Gasteiger partial charge on any atom is 0.271 e. The van der Waals surface area contributed by atoms with Crippen molar-refractivity contribution in [3.05, 3.63) is 87.7 Å². The van der Waals surface area contributed by atoms with E-state index in [9.17, 15) is 19.7 Å². The molecular weight excluding hydrogens is 468 g/mol. The van der Waals surface area contributed by atoms with Crippen LogP contribution in [0.4, 0.5) is 11.4 Å². The second-order valence-electron chi connectivity index (χ2n) is 7.84. The monoisotopic (exact) mass is 494 g/mol. The maximum atomic E-state index is 12.7. The number of non-ortho nitro benzene ring substituents is 1. The second kappa shape index (κ2) is 11.4. The molecule has 0 aliphatic carbocycles. The van der Waals surface area contributed by atoms with E-state index < -0.39 is 11.0 Å². The number of allylic oxidation sites excluding steroid dienone is 1. The number of aromatic nitrogens is 3. The topological polar surface area (TPSA) is 132 Å². The van der Waals surface area contributed by atoms with Crippen LogP contribution in [0.3, 0.4) is 0 Å². The van der Waals surface area contributed by atoms with Crippen LogP contribution in [0.25, 0.3) is 0 Å². The zero-order valence-electron chi connectivity index (χ0n) is 19.6. The third-order valence-corrected chi connectivity index (χ3v) is 6.19. The third-order valence-electron chi connectivity index (χ3n) is 5.22. The third kappa shape index (κ3) is 6.33. The molecule has 0 bridgehead atoms. The van der Waals surface area contributed by atoms with Gasteiger partial charge in [-0.05, 0) is 38.0 Å². The fourth-order valence-electron chi connectivity index (χ4n) is 3.37. The molecule has 0 fully saturated rings. The molecular formula is C24H26N6O4S. The Morgan fingerprint density at radius 2 is 1.94 bits per heavy atom. The molecule has 182 valence electrons. The van der Waals surface area contributed by atoms with Crippen LogP contribution in [0.5, 0.6) is 0 Å². The lowest BCUT2D eigenvalue weighted by Gasteiger charge is -2.16. The summed E-state index contributed by atoms with van der Waals surface area (Å²) in [7, 11) is 0. The second-order valence-corrected chi connectivity index (χ2v) is 8.79. The molecule has 3 aromatic rings. The Bertz CT molecular complexity index is 1270. The Balaban J connectivity index is 1.69. The van der Waals surface area contributed by atoms with Crippen molar-refractivity contribution in [1.29, 1.82) is 0 Å². The van der Waals surface area contributed by atoms with Gasteiger partial charge in [0.15, 0.2) is 11.0 Å². The lowest BCUT2D eigenvalue weighted by atomic mass is 10.1. The Morgan fingerprint density at radius 1 is 1.20 bits per heavy atom. The fraction of sp³-hybridized carbons (Fsp3) is 0.250. The average Bonchev–Trinajstić information content (AvgIpc) is 3.22. The first-order valence-corrected chi connectivity index (χ1v) is 11.8. The number of hydrogen-bond donors (Lipinski definition) is 2. The zero-order valence-corrected chi connectivity index (χ0v) is 20.5. The minimum atomic E-state index is -0.512. The summed E-state index contributed by atoms with van der Waals surface area (Å²) in [5.41, 5.74) is 2.44. The number of benzene rings is 2.